The van der Waals surface area contributed by atoms with Gasteiger partial charge in [-0.25, -0.2) is 0 Å². The number of ether oxygens (including phenoxy) is 1. The summed E-state index contributed by atoms with van der Waals surface area (Å²) >= 11 is 0. The fraction of sp³-hybridized carbons (Fsp3) is 0.923. The molecule has 1 atom stereocenters. The summed E-state index contributed by atoms with van der Waals surface area (Å²) < 4.78 is 5.81. The molecule has 0 aliphatic rings. The molecule has 1 unspecified atom stereocenters. The molecule has 0 bridgehead atoms. The fourth-order valence-electron chi connectivity index (χ4n) is 1.56. The molecule has 85 valence electrons. The second kappa shape index (κ2) is 11.0. The van der Waals surface area contributed by atoms with Gasteiger partial charge in [0.2, 0.25) is 0 Å². The average molecular weight is 199 g/mol. The smallest absolute Gasteiger partial charge is 0.0572 e. The first-order valence-electron chi connectivity index (χ1n) is 6.26. The van der Waals surface area contributed by atoms with E-state index in [1.807, 2.05) is 0 Å². The van der Waals surface area contributed by atoms with Crippen molar-refractivity contribution >= 4 is 0 Å². The molecule has 0 amide bonds. The van der Waals surface area contributed by atoms with E-state index in [0.717, 1.165) is 19.4 Å². The van der Waals surface area contributed by atoms with Crippen LogP contribution in [0, 0.1) is 6.92 Å². The Hall–Kier alpha value is -0.0400. The van der Waals surface area contributed by atoms with Crippen LogP contribution in [0.25, 0.3) is 0 Å². The van der Waals surface area contributed by atoms with Crippen molar-refractivity contribution in [2.24, 2.45) is 0 Å². The number of rotatable bonds is 10. The Balaban J connectivity index is 3.24. The van der Waals surface area contributed by atoms with E-state index in [1.54, 1.807) is 0 Å². The lowest BCUT2D eigenvalue weighted by Crippen LogP contribution is -2.12. The molecule has 1 radical (unpaired) electrons. The summed E-state index contributed by atoms with van der Waals surface area (Å²) in [7, 11) is 0. The largest absolute Gasteiger partial charge is 0.378 e. The molecule has 0 aromatic heterocycles. The molecule has 0 aliphatic carbocycles. The Morgan fingerprint density at radius 1 is 1.07 bits per heavy atom. The van der Waals surface area contributed by atoms with Crippen LogP contribution in [-0.2, 0) is 4.74 Å². The second-order valence-electron chi connectivity index (χ2n) is 3.96. The van der Waals surface area contributed by atoms with Crippen LogP contribution in [0.1, 0.15) is 65.2 Å². The predicted molar refractivity (Wildman–Crippen MR) is 63.4 cm³/mol. The van der Waals surface area contributed by atoms with E-state index in [4.69, 9.17) is 4.74 Å². The molecule has 0 aliphatic heterocycles. The lowest BCUT2D eigenvalue weighted by atomic mass is 10.1. The maximum absolute atomic E-state index is 5.81. The van der Waals surface area contributed by atoms with Gasteiger partial charge in [-0.05, 0) is 19.3 Å². The zero-order chi connectivity index (χ0) is 10.6. The molecule has 0 fully saturated rings. The SMILES string of the molecule is [CH2]CCCC(CC)OCCCCCC. The number of hydrogen-bond donors (Lipinski definition) is 0. The van der Waals surface area contributed by atoms with E-state index >= 15 is 0 Å². The number of hydrogen-bond acceptors (Lipinski definition) is 1. The highest BCUT2D eigenvalue weighted by molar-refractivity contribution is 4.56. The minimum absolute atomic E-state index is 0.485. The molecule has 0 aromatic rings. The Morgan fingerprint density at radius 3 is 2.43 bits per heavy atom. The molecule has 0 N–H and O–H groups in total. The lowest BCUT2D eigenvalue weighted by molar-refractivity contribution is 0.0413. The van der Waals surface area contributed by atoms with Crippen molar-refractivity contribution in [3.63, 3.8) is 0 Å². The van der Waals surface area contributed by atoms with Crippen LogP contribution in [-0.4, -0.2) is 12.7 Å². The van der Waals surface area contributed by atoms with Gasteiger partial charge in [0, 0.05) is 6.61 Å². The molecular formula is C13H27O. The highest BCUT2D eigenvalue weighted by Crippen LogP contribution is 2.09. The third-order valence-electron chi connectivity index (χ3n) is 2.58. The fourth-order valence-corrected chi connectivity index (χ4v) is 1.56. The van der Waals surface area contributed by atoms with Crippen LogP contribution < -0.4 is 0 Å². The van der Waals surface area contributed by atoms with E-state index in [1.165, 1.54) is 38.5 Å². The predicted octanol–water partition coefficient (Wildman–Crippen LogP) is 4.37. The zero-order valence-electron chi connectivity index (χ0n) is 10.1. The lowest BCUT2D eigenvalue weighted by Gasteiger charge is -2.15. The Kier molecular flexibility index (Phi) is 11.0. The van der Waals surface area contributed by atoms with Crippen molar-refractivity contribution in [2.75, 3.05) is 6.61 Å². The van der Waals surface area contributed by atoms with Crippen molar-refractivity contribution in [1.29, 1.82) is 0 Å². The molecule has 0 rings (SSSR count). The maximum atomic E-state index is 5.81. The standard InChI is InChI=1S/C13H27O/c1-4-7-9-10-12-14-13(6-3)11-8-5-2/h13H,2,4-12H2,1,3H3. The van der Waals surface area contributed by atoms with Gasteiger partial charge in [-0.3, -0.25) is 0 Å². The molecule has 0 heterocycles. The summed E-state index contributed by atoms with van der Waals surface area (Å²) in [5.74, 6) is 0. The van der Waals surface area contributed by atoms with Crippen LogP contribution in [0.15, 0.2) is 0 Å². The summed E-state index contributed by atoms with van der Waals surface area (Å²) in [5.41, 5.74) is 0. The van der Waals surface area contributed by atoms with Gasteiger partial charge in [0.25, 0.3) is 0 Å². The number of unbranched alkanes of at least 4 members (excludes halogenated alkanes) is 4. The van der Waals surface area contributed by atoms with Crippen molar-refractivity contribution in [2.45, 2.75) is 71.3 Å². The minimum Gasteiger partial charge on any atom is -0.378 e. The van der Waals surface area contributed by atoms with Gasteiger partial charge in [-0.15, -0.1) is 0 Å². The molecule has 14 heavy (non-hydrogen) atoms. The third-order valence-corrected chi connectivity index (χ3v) is 2.58. The van der Waals surface area contributed by atoms with E-state index in [-0.39, 0.29) is 0 Å². The highest BCUT2D eigenvalue weighted by atomic mass is 16.5. The van der Waals surface area contributed by atoms with Crippen LogP contribution in [0.2, 0.25) is 0 Å². The first-order valence-corrected chi connectivity index (χ1v) is 6.26. The van der Waals surface area contributed by atoms with Crippen LogP contribution in [0.5, 0.6) is 0 Å². The van der Waals surface area contributed by atoms with E-state index in [2.05, 4.69) is 20.8 Å². The highest BCUT2D eigenvalue weighted by Gasteiger charge is 2.04. The van der Waals surface area contributed by atoms with Gasteiger partial charge in [-0.1, -0.05) is 52.9 Å². The van der Waals surface area contributed by atoms with E-state index in [9.17, 15) is 0 Å². The van der Waals surface area contributed by atoms with Crippen molar-refractivity contribution < 1.29 is 4.74 Å². The summed E-state index contributed by atoms with van der Waals surface area (Å²) in [5, 5.41) is 0. The first kappa shape index (κ1) is 14.0. The molecule has 1 nitrogen and oxygen atoms in total. The molecular weight excluding hydrogens is 172 g/mol. The second-order valence-corrected chi connectivity index (χ2v) is 3.96. The van der Waals surface area contributed by atoms with Crippen molar-refractivity contribution in [3.8, 4) is 0 Å². The maximum Gasteiger partial charge on any atom is 0.0572 e. The monoisotopic (exact) mass is 199 g/mol. The van der Waals surface area contributed by atoms with Crippen LogP contribution >= 0.6 is 0 Å². The summed E-state index contributed by atoms with van der Waals surface area (Å²) in [6.07, 6.45) is 10.3. The van der Waals surface area contributed by atoms with Gasteiger partial charge in [0.1, 0.15) is 0 Å². The van der Waals surface area contributed by atoms with Gasteiger partial charge >= 0.3 is 0 Å². The van der Waals surface area contributed by atoms with Crippen LogP contribution in [0.3, 0.4) is 0 Å². The average Bonchev–Trinajstić information content (AvgIpc) is 2.22. The molecule has 0 saturated heterocycles. The molecule has 0 spiro atoms. The third kappa shape index (κ3) is 8.55. The van der Waals surface area contributed by atoms with Crippen molar-refractivity contribution in [3.05, 3.63) is 6.92 Å². The topological polar surface area (TPSA) is 9.23 Å². The van der Waals surface area contributed by atoms with Gasteiger partial charge in [0.05, 0.1) is 6.10 Å². The Labute approximate surface area is 90.2 Å². The molecule has 1 heteroatoms. The normalized spacial score (nSPS) is 13.1. The summed E-state index contributed by atoms with van der Waals surface area (Å²) in [6.45, 7) is 9.26. The molecule has 0 aromatic carbocycles. The van der Waals surface area contributed by atoms with Gasteiger partial charge in [-0.2, -0.15) is 0 Å². The molecule has 0 saturated carbocycles. The van der Waals surface area contributed by atoms with E-state index < -0.39 is 0 Å². The first-order chi connectivity index (χ1) is 6.85. The Bertz CT molecular complexity index is 101. The summed E-state index contributed by atoms with van der Waals surface area (Å²) in [4.78, 5) is 0. The van der Waals surface area contributed by atoms with Crippen LogP contribution in [0.4, 0.5) is 0 Å². The zero-order valence-corrected chi connectivity index (χ0v) is 10.1. The summed E-state index contributed by atoms with van der Waals surface area (Å²) in [6, 6.07) is 0. The Morgan fingerprint density at radius 2 is 1.86 bits per heavy atom. The minimum atomic E-state index is 0.485. The van der Waals surface area contributed by atoms with Gasteiger partial charge in [0.15, 0.2) is 0 Å². The van der Waals surface area contributed by atoms with Gasteiger partial charge < -0.3 is 4.74 Å². The van der Waals surface area contributed by atoms with E-state index in [0.29, 0.717) is 6.10 Å². The quantitative estimate of drug-likeness (QED) is 0.475. The van der Waals surface area contributed by atoms with Crippen molar-refractivity contribution in [1.82, 2.24) is 0 Å².